The van der Waals surface area contributed by atoms with Crippen molar-refractivity contribution in [3.8, 4) is 0 Å². The molecule has 2 unspecified atom stereocenters. The fraction of sp³-hybridized carbons (Fsp3) is 1.00. The molecule has 0 aromatic carbocycles. The van der Waals surface area contributed by atoms with E-state index in [1.807, 2.05) is 0 Å². The quantitative estimate of drug-likeness (QED) is 0.566. The minimum absolute atomic E-state index is 0.873. The first-order chi connectivity index (χ1) is 5.18. The van der Waals surface area contributed by atoms with Crippen LogP contribution in [0.25, 0.3) is 0 Å². The van der Waals surface area contributed by atoms with E-state index in [0.717, 1.165) is 17.8 Å². The molecule has 0 bridgehead atoms. The second-order valence-corrected chi connectivity index (χ2v) is 4.45. The van der Waals surface area contributed by atoms with Crippen LogP contribution in [0.4, 0.5) is 0 Å². The minimum Gasteiger partial charge on any atom is -0.316 e. The zero-order chi connectivity index (χ0) is 8.27. The molecule has 1 aliphatic heterocycles. The van der Waals surface area contributed by atoms with Crippen LogP contribution in [-0.2, 0) is 0 Å². The van der Waals surface area contributed by atoms with Crippen molar-refractivity contribution in [1.82, 2.24) is 5.32 Å². The Morgan fingerprint density at radius 2 is 1.27 bits per heavy atom. The standard InChI is InChI=1S/C10H21N/c1-8-4-9(2)6-11-7-10(3)5-8/h8-11H,4-7H2,1-3H3. The molecule has 0 spiro atoms. The lowest BCUT2D eigenvalue weighted by atomic mass is 9.88. The predicted molar refractivity (Wildman–Crippen MR) is 49.6 cm³/mol. The molecule has 0 amide bonds. The summed E-state index contributed by atoms with van der Waals surface area (Å²) in [5, 5.41) is 3.51. The van der Waals surface area contributed by atoms with Crippen LogP contribution in [-0.4, -0.2) is 13.1 Å². The minimum atomic E-state index is 0.873. The molecule has 11 heavy (non-hydrogen) atoms. The van der Waals surface area contributed by atoms with Crippen molar-refractivity contribution in [3.05, 3.63) is 0 Å². The number of hydrogen-bond acceptors (Lipinski definition) is 1. The largest absolute Gasteiger partial charge is 0.316 e. The summed E-state index contributed by atoms with van der Waals surface area (Å²) in [6, 6.07) is 0. The lowest BCUT2D eigenvalue weighted by Gasteiger charge is -2.25. The molecule has 1 saturated heterocycles. The highest BCUT2D eigenvalue weighted by molar-refractivity contribution is 4.70. The van der Waals surface area contributed by atoms with Gasteiger partial charge in [-0.15, -0.1) is 0 Å². The summed E-state index contributed by atoms with van der Waals surface area (Å²) >= 11 is 0. The molecule has 1 heterocycles. The van der Waals surface area contributed by atoms with E-state index < -0.39 is 0 Å². The molecular weight excluding hydrogens is 134 g/mol. The van der Waals surface area contributed by atoms with Crippen LogP contribution in [0.2, 0.25) is 0 Å². The van der Waals surface area contributed by atoms with Crippen molar-refractivity contribution in [2.24, 2.45) is 17.8 Å². The summed E-state index contributed by atoms with van der Waals surface area (Å²) in [4.78, 5) is 0. The SMILES string of the molecule is CC1CNCC(C)CC(C)C1. The van der Waals surface area contributed by atoms with Gasteiger partial charge in [0.1, 0.15) is 0 Å². The Morgan fingerprint density at radius 3 is 1.73 bits per heavy atom. The van der Waals surface area contributed by atoms with E-state index in [-0.39, 0.29) is 0 Å². The van der Waals surface area contributed by atoms with Gasteiger partial charge in [0.2, 0.25) is 0 Å². The second-order valence-electron chi connectivity index (χ2n) is 4.45. The summed E-state index contributed by atoms with van der Waals surface area (Å²) < 4.78 is 0. The highest BCUT2D eigenvalue weighted by Crippen LogP contribution is 2.20. The van der Waals surface area contributed by atoms with Crippen LogP contribution in [0.5, 0.6) is 0 Å². The molecule has 0 aromatic heterocycles. The number of nitrogens with one attached hydrogen (secondary N) is 1. The summed E-state index contributed by atoms with van der Waals surface area (Å²) in [5.41, 5.74) is 0. The summed E-state index contributed by atoms with van der Waals surface area (Å²) in [5.74, 6) is 2.68. The molecule has 2 atom stereocenters. The molecule has 0 aromatic rings. The monoisotopic (exact) mass is 155 g/mol. The van der Waals surface area contributed by atoms with Gasteiger partial charge in [0, 0.05) is 0 Å². The van der Waals surface area contributed by atoms with E-state index in [4.69, 9.17) is 0 Å². The van der Waals surface area contributed by atoms with Crippen molar-refractivity contribution in [3.63, 3.8) is 0 Å². The third-order valence-corrected chi connectivity index (χ3v) is 2.60. The molecule has 1 fully saturated rings. The van der Waals surface area contributed by atoms with E-state index in [9.17, 15) is 0 Å². The Kier molecular flexibility index (Phi) is 3.38. The maximum absolute atomic E-state index is 3.51. The normalized spacial score (nSPS) is 41.2. The van der Waals surface area contributed by atoms with Gasteiger partial charge >= 0.3 is 0 Å². The van der Waals surface area contributed by atoms with Crippen molar-refractivity contribution >= 4 is 0 Å². The van der Waals surface area contributed by atoms with Gasteiger partial charge in [-0.05, 0) is 43.7 Å². The van der Waals surface area contributed by atoms with Gasteiger partial charge in [-0.1, -0.05) is 20.8 Å². The lowest BCUT2D eigenvalue weighted by molar-refractivity contribution is 0.293. The van der Waals surface area contributed by atoms with Gasteiger partial charge < -0.3 is 5.32 Å². The van der Waals surface area contributed by atoms with Gasteiger partial charge in [-0.2, -0.15) is 0 Å². The molecule has 1 heteroatoms. The van der Waals surface area contributed by atoms with Crippen molar-refractivity contribution in [1.29, 1.82) is 0 Å². The molecule has 0 radical (unpaired) electrons. The van der Waals surface area contributed by atoms with Crippen molar-refractivity contribution < 1.29 is 0 Å². The predicted octanol–water partition coefficient (Wildman–Crippen LogP) is 2.28. The summed E-state index contributed by atoms with van der Waals surface area (Å²) in [6.07, 6.45) is 2.80. The van der Waals surface area contributed by atoms with Crippen LogP contribution in [0, 0.1) is 17.8 Å². The van der Waals surface area contributed by atoms with Crippen LogP contribution in [0.15, 0.2) is 0 Å². The Hall–Kier alpha value is -0.0400. The van der Waals surface area contributed by atoms with Gasteiger partial charge in [-0.25, -0.2) is 0 Å². The fourth-order valence-corrected chi connectivity index (χ4v) is 2.21. The molecule has 0 saturated carbocycles. The molecule has 1 aliphatic rings. The molecule has 66 valence electrons. The van der Waals surface area contributed by atoms with E-state index in [1.54, 1.807) is 0 Å². The van der Waals surface area contributed by atoms with Gasteiger partial charge in [0.25, 0.3) is 0 Å². The maximum atomic E-state index is 3.51. The zero-order valence-electron chi connectivity index (χ0n) is 8.06. The third-order valence-electron chi connectivity index (χ3n) is 2.60. The first-order valence-corrected chi connectivity index (χ1v) is 4.89. The smallest absolute Gasteiger partial charge is 0.00229 e. The van der Waals surface area contributed by atoms with Gasteiger partial charge in [-0.3, -0.25) is 0 Å². The highest BCUT2D eigenvalue weighted by Gasteiger charge is 2.15. The molecule has 1 rings (SSSR count). The van der Waals surface area contributed by atoms with E-state index in [2.05, 4.69) is 26.1 Å². The Bertz CT molecular complexity index is 99.4. The molecule has 0 aliphatic carbocycles. The van der Waals surface area contributed by atoms with Gasteiger partial charge in [0.15, 0.2) is 0 Å². The average Bonchev–Trinajstić information content (AvgIpc) is 1.83. The number of hydrogen-bond donors (Lipinski definition) is 1. The fourth-order valence-electron chi connectivity index (χ4n) is 2.21. The van der Waals surface area contributed by atoms with Crippen LogP contribution >= 0.6 is 0 Å². The Labute approximate surface area is 70.6 Å². The van der Waals surface area contributed by atoms with E-state index in [0.29, 0.717) is 0 Å². The molecular formula is C10H21N. The molecule has 1 N–H and O–H groups in total. The average molecular weight is 155 g/mol. The maximum Gasteiger partial charge on any atom is -0.00229 e. The Balaban J connectivity index is 2.34. The summed E-state index contributed by atoms with van der Waals surface area (Å²) in [6.45, 7) is 9.51. The van der Waals surface area contributed by atoms with Crippen LogP contribution in [0.3, 0.4) is 0 Å². The highest BCUT2D eigenvalue weighted by atomic mass is 14.9. The van der Waals surface area contributed by atoms with Crippen molar-refractivity contribution in [2.45, 2.75) is 33.6 Å². The van der Waals surface area contributed by atoms with E-state index in [1.165, 1.54) is 25.9 Å². The first-order valence-electron chi connectivity index (χ1n) is 4.89. The first kappa shape index (κ1) is 9.05. The van der Waals surface area contributed by atoms with E-state index >= 15 is 0 Å². The summed E-state index contributed by atoms with van der Waals surface area (Å²) in [7, 11) is 0. The number of rotatable bonds is 0. The zero-order valence-corrected chi connectivity index (χ0v) is 8.06. The Morgan fingerprint density at radius 1 is 0.818 bits per heavy atom. The van der Waals surface area contributed by atoms with Crippen LogP contribution < -0.4 is 5.32 Å². The second kappa shape index (κ2) is 4.10. The van der Waals surface area contributed by atoms with Crippen LogP contribution in [0.1, 0.15) is 33.6 Å². The molecule has 1 nitrogen and oxygen atoms in total. The third kappa shape index (κ3) is 3.24. The van der Waals surface area contributed by atoms with Crippen molar-refractivity contribution in [2.75, 3.05) is 13.1 Å². The van der Waals surface area contributed by atoms with Gasteiger partial charge in [0.05, 0.1) is 0 Å². The lowest BCUT2D eigenvalue weighted by Crippen LogP contribution is -2.30. The topological polar surface area (TPSA) is 12.0 Å².